The van der Waals surface area contributed by atoms with Crippen LogP contribution in [0.3, 0.4) is 0 Å². The van der Waals surface area contributed by atoms with Crippen LogP contribution in [0.2, 0.25) is 0 Å². The van der Waals surface area contributed by atoms with E-state index < -0.39 is 5.97 Å². The fraction of sp³-hybridized carbons (Fsp3) is 0.0500. The zero-order valence-electron chi connectivity index (χ0n) is 13.6. The fourth-order valence-electron chi connectivity index (χ4n) is 2.71. The molecule has 0 N–H and O–H groups in total. The molecule has 0 bridgehead atoms. The zero-order valence-corrected chi connectivity index (χ0v) is 13.6. The minimum atomic E-state index is -0.435. The monoisotopic (exact) mass is 329 g/mol. The van der Waals surface area contributed by atoms with Gasteiger partial charge in [0.05, 0.1) is 11.9 Å². The summed E-state index contributed by atoms with van der Waals surface area (Å²) in [5, 5.41) is 6.37. The van der Waals surface area contributed by atoms with Gasteiger partial charge in [-0.25, -0.2) is 14.5 Å². The Bertz CT molecular complexity index is 1050. The van der Waals surface area contributed by atoms with Crippen LogP contribution in [0.25, 0.3) is 16.6 Å². The van der Waals surface area contributed by atoms with Gasteiger partial charge in [0.25, 0.3) is 0 Å². The Morgan fingerprint density at radius 2 is 1.80 bits per heavy atom. The molecule has 25 heavy (non-hydrogen) atoms. The van der Waals surface area contributed by atoms with E-state index in [0.29, 0.717) is 22.8 Å². The highest BCUT2D eigenvalue weighted by Gasteiger charge is 2.17. The van der Waals surface area contributed by atoms with Crippen LogP contribution in [-0.2, 0) is 0 Å². The number of carbonyl (C=O) groups excluding carboxylic acids is 1. The Morgan fingerprint density at radius 3 is 2.60 bits per heavy atom. The van der Waals surface area contributed by atoms with Crippen LogP contribution in [0.15, 0.2) is 73.1 Å². The van der Waals surface area contributed by atoms with Crippen molar-refractivity contribution in [1.29, 1.82) is 0 Å². The molecule has 0 spiro atoms. The molecular formula is C20H15N3O2. The van der Waals surface area contributed by atoms with Gasteiger partial charge in [-0.15, -0.1) is 0 Å². The molecule has 2 aromatic carbocycles. The largest absolute Gasteiger partial charge is 0.423 e. The van der Waals surface area contributed by atoms with Crippen LogP contribution < -0.4 is 4.74 Å². The second-order valence-electron chi connectivity index (χ2n) is 5.64. The van der Waals surface area contributed by atoms with Crippen molar-refractivity contribution in [3.8, 4) is 11.6 Å². The first-order valence-corrected chi connectivity index (χ1v) is 7.89. The average molecular weight is 329 g/mol. The second kappa shape index (κ2) is 6.20. The number of fused-ring (bicyclic) bond motifs is 1. The standard InChI is InChI=1S/C20H15N3O2/c1-14-18(13-22-23(14)19-8-4-5-11-21-19)20(24)25-17-10-9-15-6-2-3-7-16(15)12-17/h2-13H,1H3. The number of nitrogens with zero attached hydrogens (tertiary/aromatic N) is 3. The molecule has 122 valence electrons. The molecule has 4 rings (SSSR count). The van der Waals surface area contributed by atoms with E-state index >= 15 is 0 Å². The molecule has 0 aliphatic rings. The SMILES string of the molecule is Cc1c(C(=O)Oc2ccc3ccccc3c2)cnn1-c1ccccn1. The maximum atomic E-state index is 12.5. The lowest BCUT2D eigenvalue weighted by molar-refractivity contribution is 0.0734. The quantitative estimate of drug-likeness (QED) is 0.422. The number of benzene rings is 2. The molecule has 0 radical (unpaired) electrons. The van der Waals surface area contributed by atoms with E-state index in [0.717, 1.165) is 10.8 Å². The Balaban J connectivity index is 1.61. The van der Waals surface area contributed by atoms with Gasteiger partial charge < -0.3 is 4.74 Å². The smallest absolute Gasteiger partial charge is 0.347 e. The third kappa shape index (κ3) is 2.87. The molecule has 0 fully saturated rings. The van der Waals surface area contributed by atoms with Crippen LogP contribution >= 0.6 is 0 Å². The molecular weight excluding hydrogens is 314 g/mol. The molecule has 0 atom stereocenters. The zero-order chi connectivity index (χ0) is 17.2. The molecule has 0 aliphatic heterocycles. The maximum absolute atomic E-state index is 12.5. The number of hydrogen-bond donors (Lipinski definition) is 0. The number of pyridine rings is 1. The Labute approximate surface area is 144 Å². The average Bonchev–Trinajstić information content (AvgIpc) is 3.04. The highest BCUT2D eigenvalue weighted by molar-refractivity contribution is 5.93. The number of rotatable bonds is 3. The van der Waals surface area contributed by atoms with Crippen LogP contribution in [0.1, 0.15) is 16.1 Å². The number of carbonyl (C=O) groups is 1. The molecule has 5 nitrogen and oxygen atoms in total. The van der Waals surface area contributed by atoms with E-state index in [1.165, 1.54) is 6.20 Å². The summed E-state index contributed by atoms with van der Waals surface area (Å²) in [7, 11) is 0. The van der Waals surface area contributed by atoms with Crippen molar-refractivity contribution < 1.29 is 9.53 Å². The van der Waals surface area contributed by atoms with Gasteiger partial charge in [0.15, 0.2) is 5.82 Å². The number of ether oxygens (including phenoxy) is 1. The van der Waals surface area contributed by atoms with E-state index in [-0.39, 0.29) is 0 Å². The Morgan fingerprint density at radius 1 is 1.00 bits per heavy atom. The minimum Gasteiger partial charge on any atom is -0.423 e. The first kappa shape index (κ1) is 15.1. The normalized spacial score (nSPS) is 10.8. The van der Waals surface area contributed by atoms with E-state index in [2.05, 4.69) is 10.1 Å². The van der Waals surface area contributed by atoms with E-state index in [4.69, 9.17) is 4.74 Å². The second-order valence-corrected chi connectivity index (χ2v) is 5.64. The molecule has 0 unspecified atom stereocenters. The predicted octanol–water partition coefficient (Wildman–Crippen LogP) is 3.95. The molecule has 4 aromatic rings. The van der Waals surface area contributed by atoms with Crippen LogP contribution in [-0.4, -0.2) is 20.7 Å². The lowest BCUT2D eigenvalue weighted by Gasteiger charge is -2.06. The summed E-state index contributed by atoms with van der Waals surface area (Å²) in [6.45, 7) is 1.82. The summed E-state index contributed by atoms with van der Waals surface area (Å²) in [5.74, 6) is 0.730. The highest BCUT2D eigenvalue weighted by atomic mass is 16.5. The van der Waals surface area contributed by atoms with E-state index in [9.17, 15) is 4.79 Å². The van der Waals surface area contributed by atoms with Gasteiger partial charge in [-0.2, -0.15) is 5.10 Å². The van der Waals surface area contributed by atoms with E-state index in [1.54, 1.807) is 16.9 Å². The van der Waals surface area contributed by atoms with Crippen molar-refractivity contribution in [3.05, 3.63) is 84.3 Å². The summed E-state index contributed by atoms with van der Waals surface area (Å²) in [5.41, 5.74) is 1.10. The van der Waals surface area contributed by atoms with Gasteiger partial charge in [-0.1, -0.05) is 36.4 Å². The first-order chi connectivity index (χ1) is 12.2. The number of hydrogen-bond acceptors (Lipinski definition) is 4. The molecule has 0 saturated carbocycles. The topological polar surface area (TPSA) is 57.0 Å². The third-order valence-electron chi connectivity index (χ3n) is 4.03. The summed E-state index contributed by atoms with van der Waals surface area (Å²) in [6, 6.07) is 19.0. The van der Waals surface area contributed by atoms with Gasteiger partial charge in [-0.3, -0.25) is 0 Å². The number of esters is 1. The molecule has 2 aromatic heterocycles. The van der Waals surface area contributed by atoms with Crippen molar-refractivity contribution in [2.24, 2.45) is 0 Å². The summed E-state index contributed by atoms with van der Waals surface area (Å²) in [6.07, 6.45) is 3.19. The van der Waals surface area contributed by atoms with Crippen LogP contribution in [0, 0.1) is 6.92 Å². The molecule has 0 amide bonds. The van der Waals surface area contributed by atoms with Gasteiger partial charge in [0.2, 0.25) is 0 Å². The molecule has 0 saturated heterocycles. The maximum Gasteiger partial charge on any atom is 0.347 e. The van der Waals surface area contributed by atoms with Crippen molar-refractivity contribution in [3.63, 3.8) is 0 Å². The Hall–Kier alpha value is -3.47. The molecule has 5 heteroatoms. The fourth-order valence-corrected chi connectivity index (χ4v) is 2.71. The summed E-state index contributed by atoms with van der Waals surface area (Å²) < 4.78 is 7.15. The minimum absolute atomic E-state index is 0.416. The highest BCUT2D eigenvalue weighted by Crippen LogP contribution is 2.22. The molecule has 2 heterocycles. The van der Waals surface area contributed by atoms with Crippen molar-refractivity contribution in [2.45, 2.75) is 6.92 Å². The lowest BCUT2D eigenvalue weighted by atomic mass is 10.1. The molecule has 0 aliphatic carbocycles. The Kier molecular flexibility index (Phi) is 3.74. The lowest BCUT2D eigenvalue weighted by Crippen LogP contribution is -2.10. The van der Waals surface area contributed by atoms with Gasteiger partial charge in [-0.05, 0) is 42.0 Å². The van der Waals surface area contributed by atoms with Gasteiger partial charge >= 0.3 is 5.97 Å². The van der Waals surface area contributed by atoms with Crippen molar-refractivity contribution in [2.75, 3.05) is 0 Å². The van der Waals surface area contributed by atoms with Gasteiger partial charge in [0.1, 0.15) is 11.3 Å². The summed E-state index contributed by atoms with van der Waals surface area (Å²) in [4.78, 5) is 16.8. The van der Waals surface area contributed by atoms with Crippen molar-refractivity contribution in [1.82, 2.24) is 14.8 Å². The predicted molar refractivity (Wildman–Crippen MR) is 95.0 cm³/mol. The van der Waals surface area contributed by atoms with Crippen LogP contribution in [0.4, 0.5) is 0 Å². The first-order valence-electron chi connectivity index (χ1n) is 7.89. The summed E-state index contributed by atoms with van der Waals surface area (Å²) >= 11 is 0. The van der Waals surface area contributed by atoms with Gasteiger partial charge in [0, 0.05) is 6.20 Å². The van der Waals surface area contributed by atoms with Crippen LogP contribution in [0.5, 0.6) is 5.75 Å². The third-order valence-corrected chi connectivity index (χ3v) is 4.03. The van der Waals surface area contributed by atoms with Crippen molar-refractivity contribution >= 4 is 16.7 Å². The number of aromatic nitrogens is 3. The van der Waals surface area contributed by atoms with E-state index in [1.807, 2.05) is 61.5 Å².